The molecular formula is C50H90NO12P. The van der Waals surface area contributed by atoms with Gasteiger partial charge in [0.05, 0.1) is 46.1 Å². The fourth-order valence-electron chi connectivity index (χ4n) is 7.62. The molecule has 0 aromatic rings. The first-order valence-corrected chi connectivity index (χ1v) is 26.3. The maximum absolute atomic E-state index is 12.9. The highest BCUT2D eigenvalue weighted by molar-refractivity contribution is 7.45. The molecule has 0 aromatic carbocycles. The molecule has 64 heavy (non-hydrogen) atoms. The topological polar surface area (TPSA) is 189 Å². The summed E-state index contributed by atoms with van der Waals surface area (Å²) in [4.78, 5) is 50.8. The zero-order valence-corrected chi connectivity index (χ0v) is 41.4. The first kappa shape index (κ1) is 59.8. The number of allylic oxidation sites excluding steroid dienone is 4. The molecule has 1 fully saturated rings. The molecule has 1 rings (SSSR count). The van der Waals surface area contributed by atoms with Crippen molar-refractivity contribution in [2.45, 2.75) is 205 Å². The quantitative estimate of drug-likeness (QED) is 0.0174. The number of ether oxygens (including phenoxy) is 2. The number of phosphoric ester groups is 1. The van der Waals surface area contributed by atoms with Gasteiger partial charge in [-0.05, 0) is 57.8 Å². The largest absolute Gasteiger partial charge is 0.756 e. The van der Waals surface area contributed by atoms with Crippen molar-refractivity contribution in [3.63, 3.8) is 0 Å². The third-order valence-corrected chi connectivity index (χ3v) is 12.6. The van der Waals surface area contributed by atoms with E-state index in [9.17, 15) is 39.2 Å². The summed E-state index contributed by atoms with van der Waals surface area (Å²) < 4.78 is 33.8. The van der Waals surface area contributed by atoms with Gasteiger partial charge in [-0.25, -0.2) is 0 Å². The lowest BCUT2D eigenvalue weighted by Crippen LogP contribution is -2.37. The fraction of sp³-hybridized carbons (Fsp3) is 0.820. The Morgan fingerprint density at radius 2 is 1.28 bits per heavy atom. The molecule has 0 aromatic heterocycles. The molecule has 0 bridgehead atoms. The van der Waals surface area contributed by atoms with Crippen LogP contribution in [0, 0.1) is 11.8 Å². The van der Waals surface area contributed by atoms with E-state index in [2.05, 4.69) is 38.2 Å². The van der Waals surface area contributed by atoms with Gasteiger partial charge in [0.2, 0.25) is 0 Å². The number of nitrogens with zero attached hydrogens (tertiary/aromatic N) is 1. The Balaban J connectivity index is 2.45. The zero-order chi connectivity index (χ0) is 47.5. The molecule has 0 heterocycles. The number of hydrogen-bond acceptors (Lipinski definition) is 12. The summed E-state index contributed by atoms with van der Waals surface area (Å²) >= 11 is 0. The van der Waals surface area contributed by atoms with Crippen LogP contribution in [0.4, 0.5) is 0 Å². The number of aliphatic hydroxyl groups excluding tert-OH is 3. The number of esters is 2. The molecule has 0 spiro atoms. The smallest absolute Gasteiger partial charge is 0.306 e. The molecule has 0 aliphatic heterocycles. The van der Waals surface area contributed by atoms with Crippen LogP contribution in [0.15, 0.2) is 36.5 Å². The number of ketones is 1. The molecular weight excluding hydrogens is 838 g/mol. The van der Waals surface area contributed by atoms with Crippen molar-refractivity contribution < 1.29 is 62.2 Å². The molecule has 0 amide bonds. The van der Waals surface area contributed by atoms with Crippen molar-refractivity contribution in [1.82, 2.24) is 0 Å². The molecule has 13 nitrogen and oxygen atoms in total. The van der Waals surface area contributed by atoms with E-state index in [4.69, 9.17) is 18.5 Å². The van der Waals surface area contributed by atoms with Gasteiger partial charge in [0, 0.05) is 43.9 Å². The number of Topliss-reactive ketones (excluding diaryl/α,β-unsaturated/α-hetero) is 1. The Bertz CT molecular complexity index is 1360. The van der Waals surface area contributed by atoms with Crippen LogP contribution in [0.25, 0.3) is 0 Å². The molecule has 1 aliphatic rings. The Kier molecular flexibility index (Phi) is 34.4. The highest BCUT2D eigenvalue weighted by Gasteiger charge is 2.41. The maximum atomic E-state index is 12.9. The second kappa shape index (κ2) is 36.8. The molecule has 0 saturated heterocycles. The van der Waals surface area contributed by atoms with Gasteiger partial charge in [-0.1, -0.05) is 127 Å². The lowest BCUT2D eigenvalue weighted by molar-refractivity contribution is -0.870. The number of carbonyl (C=O) groups is 3. The van der Waals surface area contributed by atoms with Gasteiger partial charge < -0.3 is 43.2 Å². The lowest BCUT2D eigenvalue weighted by Gasteiger charge is -2.28. The number of carbonyl (C=O) groups excluding carboxylic acids is 3. The van der Waals surface area contributed by atoms with Gasteiger partial charge in [0.15, 0.2) is 6.10 Å². The average molecular weight is 928 g/mol. The van der Waals surface area contributed by atoms with Crippen LogP contribution in [0.1, 0.15) is 181 Å². The fourth-order valence-corrected chi connectivity index (χ4v) is 8.35. The van der Waals surface area contributed by atoms with Gasteiger partial charge in [0.1, 0.15) is 25.5 Å². The Hall–Kier alpha value is -2.22. The monoisotopic (exact) mass is 928 g/mol. The number of phosphoric acid groups is 1. The zero-order valence-electron chi connectivity index (χ0n) is 40.6. The minimum Gasteiger partial charge on any atom is -0.756 e. The van der Waals surface area contributed by atoms with Gasteiger partial charge in [-0.3, -0.25) is 18.9 Å². The summed E-state index contributed by atoms with van der Waals surface area (Å²) in [7, 11) is 0.959. The summed E-state index contributed by atoms with van der Waals surface area (Å²) in [5.74, 6) is -2.11. The normalized spacial score (nSPS) is 20.0. The third-order valence-electron chi connectivity index (χ3n) is 11.6. The van der Waals surface area contributed by atoms with Crippen molar-refractivity contribution in [2.75, 3.05) is 47.5 Å². The van der Waals surface area contributed by atoms with E-state index in [1.165, 1.54) is 51.4 Å². The van der Waals surface area contributed by atoms with Crippen molar-refractivity contribution in [3.05, 3.63) is 36.5 Å². The first-order chi connectivity index (χ1) is 30.6. The Morgan fingerprint density at radius 1 is 0.719 bits per heavy atom. The summed E-state index contributed by atoms with van der Waals surface area (Å²) in [6.45, 7) is 3.67. The number of rotatable bonds is 41. The molecule has 1 unspecified atom stereocenters. The third kappa shape index (κ3) is 33.3. The van der Waals surface area contributed by atoms with E-state index in [1.807, 2.05) is 21.1 Å². The van der Waals surface area contributed by atoms with Crippen molar-refractivity contribution in [3.8, 4) is 0 Å². The predicted molar refractivity (Wildman–Crippen MR) is 252 cm³/mol. The molecule has 0 radical (unpaired) electrons. The number of likely N-dealkylation sites (N-methyl/N-ethyl adjacent to an activating group) is 1. The van der Waals surface area contributed by atoms with Gasteiger partial charge in [-0.15, -0.1) is 0 Å². The van der Waals surface area contributed by atoms with Crippen LogP contribution >= 0.6 is 7.82 Å². The number of quaternary nitrogens is 1. The number of aliphatic hydroxyl groups is 3. The minimum atomic E-state index is -4.72. The van der Waals surface area contributed by atoms with Crippen molar-refractivity contribution in [1.29, 1.82) is 0 Å². The van der Waals surface area contributed by atoms with Crippen LogP contribution in [0.3, 0.4) is 0 Å². The molecule has 7 atom stereocenters. The molecule has 1 saturated carbocycles. The van der Waals surface area contributed by atoms with Gasteiger partial charge in [0.25, 0.3) is 7.82 Å². The van der Waals surface area contributed by atoms with E-state index in [0.29, 0.717) is 36.7 Å². The predicted octanol–water partition coefficient (Wildman–Crippen LogP) is 9.40. The number of hydrogen-bond donors (Lipinski definition) is 3. The highest BCUT2D eigenvalue weighted by Crippen LogP contribution is 2.39. The van der Waals surface area contributed by atoms with Crippen LogP contribution in [0.2, 0.25) is 0 Å². The number of unbranched alkanes of at least 4 members (excludes halogenated alkanes) is 15. The van der Waals surface area contributed by atoms with E-state index in [1.54, 1.807) is 12.2 Å². The van der Waals surface area contributed by atoms with Crippen LogP contribution < -0.4 is 4.89 Å². The minimum absolute atomic E-state index is 0.0101. The Labute approximate surface area is 387 Å². The van der Waals surface area contributed by atoms with Gasteiger partial charge >= 0.3 is 11.9 Å². The van der Waals surface area contributed by atoms with E-state index in [0.717, 1.165) is 57.8 Å². The summed E-state index contributed by atoms with van der Waals surface area (Å²) in [6, 6.07) is 0. The summed E-state index contributed by atoms with van der Waals surface area (Å²) in [5, 5.41) is 31.4. The molecule has 14 heteroatoms. The van der Waals surface area contributed by atoms with Crippen molar-refractivity contribution in [2.24, 2.45) is 11.8 Å². The summed E-state index contributed by atoms with van der Waals surface area (Å²) in [5.41, 5.74) is 0. The average Bonchev–Trinajstić information content (AvgIpc) is 3.49. The lowest BCUT2D eigenvalue weighted by atomic mass is 9.87. The maximum Gasteiger partial charge on any atom is 0.306 e. The van der Waals surface area contributed by atoms with E-state index in [-0.39, 0.29) is 44.5 Å². The standard InChI is InChI=1S/C50H90NO12P/c1-6-8-10-11-12-13-14-15-16-17-18-19-20-21-22-23-24-25-27-33-50(57)63-44(41-62-64(58,59)61-37-36-51(3,4)5)40-60-49(56)32-29-28-31-43(53)38-46-45(47(54)39-48(46)55)35-34-42(52)30-26-9-7-2/h12-13,15-16,34-35,42,44-48,52,54-55H,6-11,14,17-33,36-41H2,1-5H3/b13-12-,16-15-,35-34+/t42-,44+,45+,46+,47+,48-/m0/s1. The van der Waals surface area contributed by atoms with Gasteiger partial charge in [-0.2, -0.15) is 0 Å². The summed E-state index contributed by atoms with van der Waals surface area (Å²) in [6.07, 6.45) is 30.8. The van der Waals surface area contributed by atoms with Crippen LogP contribution in [0.5, 0.6) is 0 Å². The molecule has 372 valence electrons. The van der Waals surface area contributed by atoms with Crippen LogP contribution in [-0.2, 0) is 37.5 Å². The Morgan fingerprint density at radius 3 is 1.92 bits per heavy atom. The molecule has 3 N–H and O–H groups in total. The van der Waals surface area contributed by atoms with E-state index < -0.39 is 69.2 Å². The molecule has 1 aliphatic carbocycles. The first-order valence-electron chi connectivity index (χ1n) is 24.9. The second-order valence-electron chi connectivity index (χ2n) is 18.8. The second-order valence-corrected chi connectivity index (χ2v) is 20.2. The SMILES string of the molecule is CCCCC/C=C\C/C=C\CCCCCCCCCCCC(=O)O[C@H](COC(=O)CCCCC(=O)C[C@@H]1[C@@H](/C=C/[C@@H](O)CCCCC)[C@H](O)C[C@@H]1O)COP(=O)([O-])OCC[N+](C)(C)C. The van der Waals surface area contributed by atoms with E-state index >= 15 is 0 Å². The highest BCUT2D eigenvalue weighted by atomic mass is 31.2. The van der Waals surface area contributed by atoms with Crippen molar-refractivity contribution >= 4 is 25.5 Å². The van der Waals surface area contributed by atoms with Crippen LogP contribution in [-0.4, -0.2) is 109 Å².